The van der Waals surface area contributed by atoms with Crippen LogP contribution in [0.25, 0.3) is 0 Å². The summed E-state index contributed by atoms with van der Waals surface area (Å²) in [4.78, 5) is 21.8. The van der Waals surface area contributed by atoms with Gasteiger partial charge in [0.2, 0.25) is 11.9 Å². The maximum atomic E-state index is 14.3. The number of nitrogen functional groups attached to an aromatic ring is 1. The number of aryl methyl sites for hydroxylation is 1. The molecular weight excluding hydrogens is 519 g/mol. The van der Waals surface area contributed by atoms with Gasteiger partial charge in [-0.3, -0.25) is 4.90 Å². The molecule has 2 aromatic heterocycles. The number of nitrogens with zero attached hydrogens (tertiary/aromatic N) is 7. The number of hydrogen-bond acceptors (Lipinski definition) is 11. The molecule has 0 radical (unpaired) electrons. The summed E-state index contributed by atoms with van der Waals surface area (Å²) in [7, 11) is 0. The lowest BCUT2D eigenvalue weighted by molar-refractivity contribution is 0.0443. The van der Waals surface area contributed by atoms with Gasteiger partial charge < -0.3 is 25.4 Å². The molecular formula is C27H35FN8O2S. The highest BCUT2D eigenvalue weighted by Gasteiger charge is 2.52. The number of aliphatic hydroxyl groups is 1. The van der Waals surface area contributed by atoms with E-state index in [9.17, 15) is 14.8 Å². The van der Waals surface area contributed by atoms with Gasteiger partial charge >= 0.3 is 6.01 Å². The van der Waals surface area contributed by atoms with E-state index in [1.807, 2.05) is 11.8 Å². The van der Waals surface area contributed by atoms with E-state index >= 15 is 0 Å². The minimum absolute atomic E-state index is 0.111. The predicted molar refractivity (Wildman–Crippen MR) is 146 cm³/mol. The number of piperidine rings is 1. The van der Waals surface area contributed by atoms with Crippen molar-refractivity contribution in [2.24, 2.45) is 0 Å². The van der Waals surface area contributed by atoms with Crippen molar-refractivity contribution >= 4 is 28.2 Å². The summed E-state index contributed by atoms with van der Waals surface area (Å²) in [6.07, 6.45) is 5.10. The minimum atomic E-state index is -0.827. The third kappa shape index (κ3) is 4.12. The van der Waals surface area contributed by atoms with Crippen LogP contribution in [0, 0.1) is 11.3 Å². The highest BCUT2D eigenvalue weighted by atomic mass is 32.1. The molecule has 208 valence electrons. The van der Waals surface area contributed by atoms with Crippen LogP contribution >= 0.6 is 11.3 Å². The van der Waals surface area contributed by atoms with Crippen LogP contribution in [-0.4, -0.2) is 88.1 Å². The Bertz CT molecular complexity index is 1340. The summed E-state index contributed by atoms with van der Waals surface area (Å²) >= 11 is 1.54. The fourth-order valence-electron chi connectivity index (χ4n) is 7.69. The zero-order valence-corrected chi connectivity index (χ0v) is 23.1. The molecule has 0 saturated carbocycles. The topological polar surface area (TPSA) is 128 Å². The number of aromatic nitrogens is 3. The lowest BCUT2D eigenvalue weighted by Crippen LogP contribution is -2.59. The number of thiophene rings is 1. The summed E-state index contributed by atoms with van der Waals surface area (Å²) in [6.45, 7) is 6.14. The van der Waals surface area contributed by atoms with Crippen molar-refractivity contribution in [2.75, 3.05) is 61.4 Å². The third-order valence-corrected chi connectivity index (χ3v) is 10.6. The number of hydrogen-bond donors (Lipinski definition) is 2. The largest absolute Gasteiger partial charge is 0.461 e. The van der Waals surface area contributed by atoms with E-state index < -0.39 is 11.8 Å². The zero-order valence-electron chi connectivity index (χ0n) is 22.3. The molecule has 0 amide bonds. The molecule has 6 heterocycles. The third-order valence-electron chi connectivity index (χ3n) is 9.53. The van der Waals surface area contributed by atoms with Crippen molar-refractivity contribution in [1.29, 1.82) is 5.26 Å². The van der Waals surface area contributed by atoms with Gasteiger partial charge in [-0.15, -0.1) is 11.3 Å². The number of nitrogens with two attached hydrogens (primary N) is 1. The standard InChI is InChI=1S/C27H35FN8O2S/c1-25(37)5-2-8-34(13-25)22-31-23(33-24(32-22)38-16-27-6-3-9-36(27)12-17(28)10-27)35-14-26(15-35)7-4-19-20(26)18(11-29)21(30)39-19/h17,37H,2-10,12-16,30H2,1H3/t17-,25-,27+/m1/s1. The fraction of sp³-hybridized carbons (Fsp3) is 0.704. The first-order valence-electron chi connectivity index (χ1n) is 14.0. The number of fused-ring (bicyclic) bond motifs is 3. The highest BCUT2D eigenvalue weighted by molar-refractivity contribution is 7.16. The Labute approximate surface area is 231 Å². The Morgan fingerprint density at radius 1 is 1.13 bits per heavy atom. The van der Waals surface area contributed by atoms with Crippen molar-refractivity contribution in [2.45, 2.75) is 74.6 Å². The summed E-state index contributed by atoms with van der Waals surface area (Å²) < 4.78 is 20.6. The summed E-state index contributed by atoms with van der Waals surface area (Å²) in [5, 5.41) is 21.1. The lowest BCUT2D eigenvalue weighted by Gasteiger charge is -2.48. The molecule has 4 aliphatic heterocycles. The Morgan fingerprint density at radius 2 is 1.90 bits per heavy atom. The molecule has 39 heavy (non-hydrogen) atoms. The SMILES string of the molecule is C[C@@]1(O)CCCN(c2nc(OC[C@@]34CCCN3C[C@H](F)C4)nc(N3CC4(CCc5sc(N)c(C#N)c54)C3)n2)C1. The molecule has 0 unspecified atom stereocenters. The van der Waals surface area contributed by atoms with E-state index in [0.29, 0.717) is 61.7 Å². The van der Waals surface area contributed by atoms with Crippen LogP contribution in [-0.2, 0) is 11.8 Å². The average Bonchev–Trinajstić information content (AvgIpc) is 3.59. The van der Waals surface area contributed by atoms with Crippen LogP contribution in [0.5, 0.6) is 6.01 Å². The summed E-state index contributed by atoms with van der Waals surface area (Å²) in [5.74, 6) is 1.03. The van der Waals surface area contributed by atoms with Gasteiger partial charge in [0.25, 0.3) is 0 Å². The average molecular weight is 555 g/mol. The Balaban J connectivity index is 1.17. The van der Waals surface area contributed by atoms with Crippen LogP contribution in [0.4, 0.5) is 21.3 Å². The first kappa shape index (κ1) is 25.2. The smallest absolute Gasteiger partial charge is 0.323 e. The van der Waals surface area contributed by atoms with Gasteiger partial charge in [0.15, 0.2) is 0 Å². The number of nitriles is 1. The van der Waals surface area contributed by atoms with Crippen LogP contribution in [0.3, 0.4) is 0 Å². The van der Waals surface area contributed by atoms with Gasteiger partial charge in [0.05, 0.1) is 16.7 Å². The molecule has 1 spiro atoms. The Morgan fingerprint density at radius 3 is 2.67 bits per heavy atom. The predicted octanol–water partition coefficient (Wildman–Crippen LogP) is 2.40. The van der Waals surface area contributed by atoms with Crippen molar-refractivity contribution in [3.8, 4) is 12.1 Å². The van der Waals surface area contributed by atoms with Gasteiger partial charge in [-0.1, -0.05) is 0 Å². The zero-order chi connectivity index (χ0) is 27.0. The first-order chi connectivity index (χ1) is 18.7. The van der Waals surface area contributed by atoms with E-state index in [2.05, 4.69) is 20.9 Å². The fourth-order valence-corrected chi connectivity index (χ4v) is 8.83. The lowest BCUT2D eigenvalue weighted by atomic mass is 9.74. The van der Waals surface area contributed by atoms with Crippen LogP contribution in [0.2, 0.25) is 0 Å². The van der Waals surface area contributed by atoms with Crippen molar-refractivity contribution in [1.82, 2.24) is 19.9 Å². The Kier molecular flexibility index (Phi) is 5.74. The molecule has 3 N–H and O–H groups in total. The molecule has 7 rings (SSSR count). The number of β-amino-alcohol motifs (C(OH)–C–C–N with tert-alkyl or cyclic N) is 1. The van der Waals surface area contributed by atoms with Crippen molar-refractivity contribution in [3.63, 3.8) is 0 Å². The quantitative estimate of drug-likeness (QED) is 0.569. The van der Waals surface area contributed by atoms with Crippen LogP contribution in [0.1, 0.15) is 61.5 Å². The molecule has 4 fully saturated rings. The minimum Gasteiger partial charge on any atom is -0.461 e. The van der Waals surface area contributed by atoms with E-state index in [-0.39, 0.29) is 17.0 Å². The maximum Gasteiger partial charge on any atom is 0.323 e. The molecule has 3 atom stereocenters. The van der Waals surface area contributed by atoms with Crippen LogP contribution < -0.4 is 20.3 Å². The second-order valence-electron chi connectivity index (χ2n) is 12.5. The first-order valence-corrected chi connectivity index (χ1v) is 14.8. The number of alkyl halides is 1. The van der Waals surface area contributed by atoms with E-state index in [4.69, 9.17) is 20.4 Å². The second kappa shape index (κ2) is 8.88. The molecule has 12 heteroatoms. The molecule has 0 bridgehead atoms. The molecule has 4 saturated heterocycles. The van der Waals surface area contributed by atoms with Crippen molar-refractivity contribution in [3.05, 3.63) is 16.0 Å². The molecule has 2 aromatic rings. The van der Waals surface area contributed by atoms with E-state index in [1.165, 1.54) is 4.88 Å². The normalized spacial score (nSPS) is 31.3. The highest BCUT2D eigenvalue weighted by Crippen LogP contribution is 2.52. The number of ether oxygens (including phenoxy) is 1. The van der Waals surface area contributed by atoms with Gasteiger partial charge in [0.1, 0.15) is 23.8 Å². The second-order valence-corrected chi connectivity index (χ2v) is 13.6. The molecule has 1 aliphatic carbocycles. The van der Waals surface area contributed by atoms with Crippen molar-refractivity contribution < 1.29 is 14.2 Å². The monoisotopic (exact) mass is 554 g/mol. The van der Waals surface area contributed by atoms with Gasteiger partial charge in [-0.2, -0.15) is 20.2 Å². The molecule has 10 nitrogen and oxygen atoms in total. The van der Waals surface area contributed by atoms with Gasteiger partial charge in [-0.25, -0.2) is 4.39 Å². The number of anilines is 3. The molecule has 0 aromatic carbocycles. The Hall–Kier alpha value is -2.75. The van der Waals surface area contributed by atoms with Gasteiger partial charge in [-0.05, 0) is 57.6 Å². The van der Waals surface area contributed by atoms with E-state index in [0.717, 1.165) is 57.2 Å². The molecule has 5 aliphatic rings. The van der Waals surface area contributed by atoms with Gasteiger partial charge in [0, 0.05) is 49.4 Å². The maximum absolute atomic E-state index is 14.3. The number of halogens is 1. The van der Waals surface area contributed by atoms with E-state index in [1.54, 1.807) is 11.3 Å². The summed E-state index contributed by atoms with van der Waals surface area (Å²) in [6, 6.07) is 2.58. The number of rotatable bonds is 5. The van der Waals surface area contributed by atoms with Crippen LogP contribution in [0.15, 0.2) is 0 Å². The summed E-state index contributed by atoms with van der Waals surface area (Å²) in [5.41, 5.74) is 6.68.